The number of amides is 1. The third kappa shape index (κ3) is 4.00. The van der Waals surface area contributed by atoms with Crippen LogP contribution in [0.3, 0.4) is 0 Å². The quantitative estimate of drug-likeness (QED) is 0.573. The van der Waals surface area contributed by atoms with Gasteiger partial charge in [0.2, 0.25) is 5.76 Å². The molecule has 2 aromatic carbocycles. The first-order valence-electron chi connectivity index (χ1n) is 8.60. The number of anilines is 1. The highest BCUT2D eigenvalue weighted by molar-refractivity contribution is 6.35. The molecule has 7 heteroatoms. The fourth-order valence-electron chi connectivity index (χ4n) is 2.84. The SMILES string of the molecule is Cc1c(C(=O)OCC(=O)N(CCC#N)c2ccccc2)oc2c(Cl)cccc12. The van der Waals surface area contributed by atoms with Crippen LogP contribution >= 0.6 is 11.6 Å². The van der Waals surface area contributed by atoms with Crippen LogP contribution in [0.1, 0.15) is 22.5 Å². The van der Waals surface area contributed by atoms with Gasteiger partial charge < -0.3 is 14.1 Å². The Bertz CT molecular complexity index is 1050. The second-order valence-electron chi connectivity index (χ2n) is 6.04. The molecule has 0 atom stereocenters. The Morgan fingerprint density at radius 3 is 2.61 bits per heavy atom. The van der Waals surface area contributed by atoms with Crippen LogP contribution in [0.25, 0.3) is 11.0 Å². The number of ether oxygens (including phenoxy) is 1. The second-order valence-corrected chi connectivity index (χ2v) is 6.45. The fraction of sp³-hybridized carbons (Fsp3) is 0.190. The van der Waals surface area contributed by atoms with E-state index in [1.54, 1.807) is 49.4 Å². The topological polar surface area (TPSA) is 83.5 Å². The lowest BCUT2D eigenvalue weighted by atomic mass is 10.1. The molecule has 0 aliphatic carbocycles. The van der Waals surface area contributed by atoms with Gasteiger partial charge in [-0.25, -0.2) is 4.79 Å². The van der Waals surface area contributed by atoms with Crippen LogP contribution in [0.2, 0.25) is 5.02 Å². The van der Waals surface area contributed by atoms with E-state index in [0.717, 1.165) is 0 Å². The summed E-state index contributed by atoms with van der Waals surface area (Å²) in [6.45, 7) is 1.46. The van der Waals surface area contributed by atoms with E-state index in [1.807, 2.05) is 12.1 Å². The maximum atomic E-state index is 12.6. The Balaban J connectivity index is 1.74. The zero-order valence-electron chi connectivity index (χ0n) is 15.1. The molecule has 0 aliphatic heterocycles. The first-order chi connectivity index (χ1) is 13.5. The number of carbonyl (C=O) groups excluding carboxylic acids is 2. The molecule has 3 aromatic rings. The summed E-state index contributed by atoms with van der Waals surface area (Å²) in [5, 5.41) is 9.94. The highest BCUT2D eigenvalue weighted by atomic mass is 35.5. The number of nitrogens with zero attached hydrogens (tertiary/aromatic N) is 2. The van der Waals surface area contributed by atoms with Crippen molar-refractivity contribution in [3.63, 3.8) is 0 Å². The first kappa shape index (κ1) is 19.5. The van der Waals surface area contributed by atoms with Gasteiger partial charge in [0.15, 0.2) is 12.2 Å². The van der Waals surface area contributed by atoms with Crippen molar-refractivity contribution >= 4 is 40.1 Å². The molecule has 1 amide bonds. The molecule has 0 bridgehead atoms. The summed E-state index contributed by atoms with van der Waals surface area (Å²) < 4.78 is 10.7. The monoisotopic (exact) mass is 396 g/mol. The van der Waals surface area contributed by atoms with Crippen molar-refractivity contribution in [3.05, 3.63) is 64.9 Å². The minimum Gasteiger partial charge on any atom is -0.450 e. The van der Waals surface area contributed by atoms with E-state index in [0.29, 0.717) is 27.2 Å². The van der Waals surface area contributed by atoms with Crippen molar-refractivity contribution in [1.82, 2.24) is 0 Å². The summed E-state index contributed by atoms with van der Waals surface area (Å²) in [4.78, 5) is 26.4. The third-order valence-corrected chi connectivity index (χ3v) is 4.54. The maximum absolute atomic E-state index is 12.6. The number of carbonyl (C=O) groups is 2. The zero-order chi connectivity index (χ0) is 20.1. The van der Waals surface area contributed by atoms with Crippen LogP contribution < -0.4 is 4.90 Å². The molecule has 0 spiro atoms. The molecule has 6 nitrogen and oxygen atoms in total. The van der Waals surface area contributed by atoms with Crippen molar-refractivity contribution in [3.8, 4) is 6.07 Å². The Morgan fingerprint density at radius 2 is 1.93 bits per heavy atom. The Morgan fingerprint density at radius 1 is 1.18 bits per heavy atom. The first-order valence-corrected chi connectivity index (χ1v) is 8.98. The molecule has 0 radical (unpaired) electrons. The molecule has 0 aliphatic rings. The summed E-state index contributed by atoms with van der Waals surface area (Å²) in [5.41, 5.74) is 1.63. The van der Waals surface area contributed by atoms with Crippen molar-refractivity contribution in [2.24, 2.45) is 0 Å². The van der Waals surface area contributed by atoms with Crippen LogP contribution in [-0.4, -0.2) is 25.0 Å². The fourth-order valence-corrected chi connectivity index (χ4v) is 3.05. The minimum atomic E-state index is -0.744. The predicted molar refractivity (Wildman–Crippen MR) is 105 cm³/mol. The number of fused-ring (bicyclic) bond motifs is 1. The molecule has 0 N–H and O–H groups in total. The van der Waals surface area contributed by atoms with Gasteiger partial charge in [0.05, 0.1) is 17.5 Å². The van der Waals surface area contributed by atoms with Crippen molar-refractivity contribution in [2.75, 3.05) is 18.1 Å². The molecule has 1 heterocycles. The number of hydrogen-bond acceptors (Lipinski definition) is 5. The number of halogens is 1. The van der Waals surface area contributed by atoms with Gasteiger partial charge in [-0.05, 0) is 25.1 Å². The standard InChI is InChI=1S/C21H17ClN2O4/c1-14-16-9-5-10-17(22)20(16)28-19(14)21(26)27-13-18(25)24(12-6-11-23)15-7-3-2-4-8-15/h2-5,7-10H,6,12-13H2,1H3. The summed E-state index contributed by atoms with van der Waals surface area (Å²) in [7, 11) is 0. The summed E-state index contributed by atoms with van der Waals surface area (Å²) in [6.07, 6.45) is 0.162. The molecule has 0 saturated carbocycles. The average Bonchev–Trinajstić information content (AvgIpc) is 3.05. The molecule has 1 aromatic heterocycles. The van der Waals surface area contributed by atoms with Crippen LogP contribution in [0, 0.1) is 18.3 Å². The third-order valence-electron chi connectivity index (χ3n) is 4.24. The van der Waals surface area contributed by atoms with E-state index in [1.165, 1.54) is 4.90 Å². The number of hydrogen-bond donors (Lipinski definition) is 0. The minimum absolute atomic E-state index is 0.0131. The lowest BCUT2D eigenvalue weighted by Crippen LogP contribution is -2.35. The highest BCUT2D eigenvalue weighted by Crippen LogP contribution is 2.31. The van der Waals surface area contributed by atoms with Crippen molar-refractivity contribution in [2.45, 2.75) is 13.3 Å². The molecule has 0 unspecified atom stereocenters. The van der Waals surface area contributed by atoms with Crippen LogP contribution in [-0.2, 0) is 9.53 Å². The van der Waals surface area contributed by atoms with Gasteiger partial charge in [-0.15, -0.1) is 0 Å². The van der Waals surface area contributed by atoms with Gasteiger partial charge >= 0.3 is 5.97 Å². The lowest BCUT2D eigenvalue weighted by molar-refractivity contribution is -0.121. The van der Waals surface area contributed by atoms with Crippen LogP contribution in [0.5, 0.6) is 0 Å². The Kier molecular flexibility index (Phi) is 5.97. The predicted octanol–water partition coefficient (Wildman–Crippen LogP) is 4.50. The van der Waals surface area contributed by atoms with Crippen LogP contribution in [0.15, 0.2) is 52.9 Å². The van der Waals surface area contributed by atoms with Crippen LogP contribution in [0.4, 0.5) is 5.69 Å². The number of esters is 1. The van der Waals surface area contributed by atoms with E-state index >= 15 is 0 Å². The molecule has 0 fully saturated rings. The van der Waals surface area contributed by atoms with E-state index in [4.69, 9.17) is 26.0 Å². The smallest absolute Gasteiger partial charge is 0.375 e. The van der Waals surface area contributed by atoms with Gasteiger partial charge in [-0.3, -0.25) is 4.79 Å². The second kappa shape index (κ2) is 8.59. The largest absolute Gasteiger partial charge is 0.450 e. The number of aryl methyl sites for hydroxylation is 1. The number of furan rings is 1. The van der Waals surface area contributed by atoms with Gasteiger partial charge in [-0.2, -0.15) is 5.26 Å². The summed E-state index contributed by atoms with van der Waals surface area (Å²) >= 11 is 6.10. The van der Waals surface area contributed by atoms with E-state index in [9.17, 15) is 9.59 Å². The van der Waals surface area contributed by atoms with Crippen molar-refractivity contribution in [1.29, 1.82) is 5.26 Å². The molecular weight excluding hydrogens is 380 g/mol. The number of benzene rings is 2. The maximum Gasteiger partial charge on any atom is 0.375 e. The van der Waals surface area contributed by atoms with Gasteiger partial charge in [0.1, 0.15) is 0 Å². The van der Waals surface area contributed by atoms with E-state index in [2.05, 4.69) is 0 Å². The summed E-state index contributed by atoms with van der Waals surface area (Å²) in [5.74, 6) is -1.16. The van der Waals surface area contributed by atoms with Crippen molar-refractivity contribution < 1.29 is 18.7 Å². The molecule has 142 valence electrons. The van der Waals surface area contributed by atoms with Gasteiger partial charge in [-0.1, -0.05) is 41.9 Å². The average molecular weight is 397 g/mol. The molecule has 28 heavy (non-hydrogen) atoms. The zero-order valence-corrected chi connectivity index (χ0v) is 15.9. The molecular formula is C21H17ClN2O4. The lowest BCUT2D eigenvalue weighted by Gasteiger charge is -2.21. The normalized spacial score (nSPS) is 10.5. The molecule has 3 rings (SSSR count). The van der Waals surface area contributed by atoms with Gasteiger partial charge in [0, 0.05) is 23.2 Å². The number of rotatable bonds is 6. The number of para-hydroxylation sites is 2. The van der Waals surface area contributed by atoms with Gasteiger partial charge in [0.25, 0.3) is 5.91 Å². The Hall–Kier alpha value is -3.30. The Labute approximate surface area is 166 Å². The number of nitriles is 1. The van der Waals surface area contributed by atoms with E-state index in [-0.39, 0.29) is 18.7 Å². The summed E-state index contributed by atoms with van der Waals surface area (Å²) in [6, 6.07) is 16.1. The van der Waals surface area contributed by atoms with E-state index < -0.39 is 18.5 Å². The molecule has 0 saturated heterocycles. The highest BCUT2D eigenvalue weighted by Gasteiger charge is 2.23.